The average molecular weight is 443 g/mol. The summed E-state index contributed by atoms with van der Waals surface area (Å²) in [6.45, 7) is 0.661. The third-order valence-electron chi connectivity index (χ3n) is 4.95. The molecule has 0 aliphatic carbocycles. The third-order valence-corrected chi connectivity index (χ3v) is 5.84. The van der Waals surface area contributed by atoms with E-state index < -0.39 is 52.8 Å². The molecule has 12 heteroatoms. The fourth-order valence-electron chi connectivity index (χ4n) is 3.64. The predicted octanol–water partition coefficient (Wildman–Crippen LogP) is 3.49. The predicted molar refractivity (Wildman–Crippen MR) is 99.9 cm³/mol. The van der Waals surface area contributed by atoms with Gasteiger partial charge in [-0.3, -0.25) is 19.8 Å². The first kappa shape index (κ1) is 21.7. The van der Waals surface area contributed by atoms with Crippen molar-refractivity contribution in [3.05, 3.63) is 62.3 Å². The second-order valence-electron chi connectivity index (χ2n) is 6.53. The number of hydrogen-bond donors (Lipinski definition) is 2. The summed E-state index contributed by atoms with van der Waals surface area (Å²) in [5, 5.41) is 26.1. The summed E-state index contributed by atoms with van der Waals surface area (Å²) in [6, 6.07) is 4.48. The molecule has 1 aliphatic rings. The highest BCUT2D eigenvalue weighted by Crippen LogP contribution is 2.49. The molecule has 2 aromatic rings. The lowest BCUT2D eigenvalue weighted by molar-refractivity contribution is -0.386. The molecule has 1 aliphatic heterocycles. The number of nitrogens with zero attached hydrogens (tertiary/aromatic N) is 2. The summed E-state index contributed by atoms with van der Waals surface area (Å²) in [4.78, 5) is 36.3. The zero-order chi connectivity index (χ0) is 22.3. The molecule has 1 aromatic heterocycles. The maximum Gasteiger partial charge on any atom is 0.437 e. The number of thiophene rings is 1. The molecule has 1 aromatic carbocycles. The largest absolute Gasteiger partial charge is 0.437 e. The van der Waals surface area contributed by atoms with E-state index >= 15 is 0 Å². The Bertz CT molecular complexity index is 982. The molecule has 2 N–H and O–H groups in total. The highest BCUT2D eigenvalue weighted by molar-refractivity contribution is 7.12. The van der Waals surface area contributed by atoms with Gasteiger partial charge in [0, 0.05) is 12.6 Å². The van der Waals surface area contributed by atoms with Crippen LogP contribution in [0.4, 0.5) is 23.7 Å². The number of ketones is 1. The van der Waals surface area contributed by atoms with Crippen LogP contribution in [-0.4, -0.2) is 45.2 Å². The molecule has 0 radical (unpaired) electrons. The monoisotopic (exact) mass is 443 g/mol. The number of carbonyl (C=O) groups excluding carboxylic acids is 2. The van der Waals surface area contributed by atoms with Crippen LogP contribution in [0.3, 0.4) is 0 Å². The van der Waals surface area contributed by atoms with Gasteiger partial charge in [0.15, 0.2) is 5.78 Å². The second kappa shape index (κ2) is 7.69. The van der Waals surface area contributed by atoms with Crippen LogP contribution in [0.15, 0.2) is 41.8 Å². The number of carbonyl (C=O) groups is 2. The van der Waals surface area contributed by atoms with E-state index in [2.05, 4.69) is 5.32 Å². The number of Topliss-reactive ketones (excluding diaryl/α,β-unsaturated/α-hetero) is 1. The highest BCUT2D eigenvalue weighted by atomic mass is 32.1. The van der Waals surface area contributed by atoms with E-state index in [0.717, 1.165) is 23.5 Å². The Morgan fingerprint density at radius 2 is 2.00 bits per heavy atom. The van der Waals surface area contributed by atoms with Crippen molar-refractivity contribution in [2.75, 3.05) is 6.54 Å². The lowest BCUT2D eigenvalue weighted by Crippen LogP contribution is -2.73. The SMILES string of the molecule is CCN1C(=O)N[C@H](c2ccccc2[N+](=O)[O-])[C@@H](C(=O)c2cccs2)[C@@]1(O)C(F)(F)F. The zero-order valence-corrected chi connectivity index (χ0v) is 16.2. The van der Waals surface area contributed by atoms with Crippen molar-refractivity contribution in [3.63, 3.8) is 0 Å². The molecule has 0 saturated carbocycles. The topological polar surface area (TPSA) is 113 Å². The number of rotatable bonds is 5. The van der Waals surface area contributed by atoms with Gasteiger partial charge in [0.1, 0.15) is 5.92 Å². The second-order valence-corrected chi connectivity index (χ2v) is 7.48. The molecule has 30 heavy (non-hydrogen) atoms. The average Bonchev–Trinajstić information content (AvgIpc) is 3.21. The molecule has 2 heterocycles. The summed E-state index contributed by atoms with van der Waals surface area (Å²) < 4.78 is 42.5. The van der Waals surface area contributed by atoms with E-state index in [1.165, 1.54) is 36.6 Å². The lowest BCUT2D eigenvalue weighted by Gasteiger charge is -2.50. The molecule has 2 amide bonds. The van der Waals surface area contributed by atoms with Gasteiger partial charge in [0.2, 0.25) is 0 Å². The number of alkyl halides is 3. The molecule has 1 saturated heterocycles. The standard InChI is InChI=1S/C18H16F3N3O5S/c1-2-23-16(26)22-14(10-6-3-4-7-11(10)24(28)29)13(17(23,27)18(19,20)21)15(25)12-8-5-9-30-12/h3-9,13-14,27H,2H2,1H3,(H,22,26)/t13-,14+,17+/m0/s1. The summed E-state index contributed by atoms with van der Waals surface area (Å²) >= 11 is 0.860. The number of benzene rings is 1. The minimum Gasteiger partial charge on any atom is -0.363 e. The van der Waals surface area contributed by atoms with Crippen LogP contribution in [0, 0.1) is 16.0 Å². The van der Waals surface area contributed by atoms with Crippen molar-refractivity contribution in [2.24, 2.45) is 5.92 Å². The Labute approximate surface area is 172 Å². The van der Waals surface area contributed by atoms with E-state index in [9.17, 15) is 38.0 Å². The van der Waals surface area contributed by atoms with Crippen molar-refractivity contribution in [3.8, 4) is 0 Å². The number of amides is 2. The summed E-state index contributed by atoms with van der Waals surface area (Å²) in [5.41, 5.74) is -4.77. The Balaban J connectivity index is 2.29. The van der Waals surface area contributed by atoms with Gasteiger partial charge < -0.3 is 10.4 Å². The summed E-state index contributed by atoms with van der Waals surface area (Å²) in [6.07, 6.45) is -5.42. The summed E-state index contributed by atoms with van der Waals surface area (Å²) in [5.74, 6) is -3.37. The molecular weight excluding hydrogens is 427 g/mol. The fourth-order valence-corrected chi connectivity index (χ4v) is 4.35. The van der Waals surface area contributed by atoms with Gasteiger partial charge in [0.05, 0.1) is 21.4 Å². The molecule has 3 atom stereocenters. The molecule has 1 fully saturated rings. The van der Waals surface area contributed by atoms with E-state index in [-0.39, 0.29) is 15.3 Å². The number of nitrogens with one attached hydrogen (secondary N) is 1. The van der Waals surface area contributed by atoms with Gasteiger partial charge in [-0.1, -0.05) is 24.3 Å². The number of aliphatic hydroxyl groups is 1. The van der Waals surface area contributed by atoms with Crippen LogP contribution >= 0.6 is 11.3 Å². The van der Waals surface area contributed by atoms with Crippen LogP contribution in [0.5, 0.6) is 0 Å². The molecule has 8 nitrogen and oxygen atoms in total. The van der Waals surface area contributed by atoms with Gasteiger partial charge >= 0.3 is 12.2 Å². The van der Waals surface area contributed by atoms with Crippen molar-refractivity contribution in [1.29, 1.82) is 0 Å². The quantitative estimate of drug-likeness (QED) is 0.417. The summed E-state index contributed by atoms with van der Waals surface area (Å²) in [7, 11) is 0. The number of nitro benzene ring substituents is 1. The Hall–Kier alpha value is -2.99. The minimum absolute atomic E-state index is 0.0848. The fraction of sp³-hybridized carbons (Fsp3) is 0.333. The molecule has 0 bridgehead atoms. The first-order valence-electron chi connectivity index (χ1n) is 8.72. The Morgan fingerprint density at radius 3 is 2.53 bits per heavy atom. The van der Waals surface area contributed by atoms with E-state index in [1.807, 2.05) is 0 Å². The number of hydrogen-bond acceptors (Lipinski definition) is 6. The smallest absolute Gasteiger partial charge is 0.363 e. The maximum absolute atomic E-state index is 14.2. The number of halogens is 3. The first-order valence-corrected chi connectivity index (χ1v) is 9.60. The number of para-hydroxylation sites is 1. The Kier molecular flexibility index (Phi) is 5.56. The van der Waals surface area contributed by atoms with E-state index in [1.54, 1.807) is 0 Å². The molecule has 3 rings (SSSR count). The molecule has 0 spiro atoms. The van der Waals surface area contributed by atoms with Gasteiger partial charge in [-0.25, -0.2) is 4.79 Å². The van der Waals surface area contributed by atoms with Crippen LogP contribution in [0.1, 0.15) is 28.2 Å². The number of nitro groups is 1. The minimum atomic E-state index is -5.42. The number of urea groups is 1. The van der Waals surface area contributed by atoms with Crippen LogP contribution in [0.2, 0.25) is 0 Å². The van der Waals surface area contributed by atoms with Crippen LogP contribution < -0.4 is 5.32 Å². The van der Waals surface area contributed by atoms with Gasteiger partial charge in [0.25, 0.3) is 11.4 Å². The van der Waals surface area contributed by atoms with Gasteiger partial charge in [-0.05, 0) is 18.4 Å². The van der Waals surface area contributed by atoms with Crippen molar-refractivity contribution < 1.29 is 32.8 Å². The van der Waals surface area contributed by atoms with Crippen molar-refractivity contribution >= 4 is 28.8 Å². The highest BCUT2D eigenvalue weighted by Gasteiger charge is 2.70. The van der Waals surface area contributed by atoms with Gasteiger partial charge in [-0.15, -0.1) is 11.3 Å². The molecular formula is C18H16F3N3O5S. The normalized spacial score (nSPS) is 24.4. The van der Waals surface area contributed by atoms with E-state index in [4.69, 9.17) is 0 Å². The Morgan fingerprint density at radius 1 is 1.33 bits per heavy atom. The first-order chi connectivity index (χ1) is 14.0. The van der Waals surface area contributed by atoms with E-state index in [0.29, 0.717) is 0 Å². The lowest BCUT2D eigenvalue weighted by atomic mass is 9.77. The third kappa shape index (κ3) is 3.31. The van der Waals surface area contributed by atoms with Crippen LogP contribution in [-0.2, 0) is 0 Å². The maximum atomic E-state index is 14.2. The molecule has 160 valence electrons. The van der Waals surface area contributed by atoms with Crippen LogP contribution in [0.25, 0.3) is 0 Å². The van der Waals surface area contributed by atoms with Crippen molar-refractivity contribution in [2.45, 2.75) is 24.9 Å². The van der Waals surface area contributed by atoms with Gasteiger partial charge in [-0.2, -0.15) is 13.2 Å². The van der Waals surface area contributed by atoms with Crippen molar-refractivity contribution in [1.82, 2.24) is 10.2 Å². The zero-order valence-electron chi connectivity index (χ0n) is 15.4. The molecule has 0 unspecified atom stereocenters.